The Morgan fingerprint density at radius 3 is 2.57 bits per heavy atom. The smallest absolute Gasteiger partial charge is 0.159 e. The molecular weight excluding hydrogens is 176 g/mol. The van der Waals surface area contributed by atoms with Crippen molar-refractivity contribution in [2.75, 3.05) is 6.61 Å². The van der Waals surface area contributed by atoms with Gasteiger partial charge in [0, 0.05) is 11.1 Å². The van der Waals surface area contributed by atoms with Crippen LogP contribution in [0.4, 0.5) is 0 Å². The van der Waals surface area contributed by atoms with E-state index < -0.39 is 0 Å². The molecule has 2 rings (SSSR count). The number of Topliss-reactive ketones (excluding diaryl/α,β-unsaturated/α-hetero) is 1. The summed E-state index contributed by atoms with van der Waals surface area (Å²) in [5, 5.41) is 0. The molecule has 2 heteroatoms. The fourth-order valence-corrected chi connectivity index (χ4v) is 1.08. The van der Waals surface area contributed by atoms with Crippen LogP contribution in [0.1, 0.15) is 22.8 Å². The molecule has 0 radical (unpaired) electrons. The molecule has 0 saturated carbocycles. The maximum Gasteiger partial charge on any atom is 0.159 e. The monoisotopic (exact) mass is 186 g/mol. The van der Waals surface area contributed by atoms with Crippen LogP contribution in [0.2, 0.25) is 0 Å². The third-order valence-corrected chi connectivity index (χ3v) is 2.00. The highest BCUT2D eigenvalue weighted by atomic mass is 16.6. The highest BCUT2D eigenvalue weighted by Crippen LogP contribution is 2.08. The van der Waals surface area contributed by atoms with Crippen molar-refractivity contribution in [3.8, 4) is 11.8 Å². The predicted molar refractivity (Wildman–Crippen MR) is 53.1 cm³/mol. The van der Waals surface area contributed by atoms with E-state index in [1.54, 1.807) is 19.1 Å². The molecule has 0 amide bonds. The van der Waals surface area contributed by atoms with Gasteiger partial charge in [0.1, 0.15) is 6.10 Å². The largest absolute Gasteiger partial charge is 0.359 e. The number of epoxide rings is 1. The van der Waals surface area contributed by atoms with Crippen LogP contribution in [0.3, 0.4) is 0 Å². The Balaban J connectivity index is 2.14. The van der Waals surface area contributed by atoms with Crippen molar-refractivity contribution in [1.29, 1.82) is 0 Å². The predicted octanol–water partition coefficient (Wildman–Crippen LogP) is 1.64. The number of rotatable bonds is 1. The Labute approximate surface area is 82.9 Å². The number of ketones is 1. The molecule has 1 heterocycles. The van der Waals surface area contributed by atoms with E-state index in [1.807, 2.05) is 12.1 Å². The minimum absolute atomic E-state index is 0.0787. The van der Waals surface area contributed by atoms with Crippen LogP contribution in [0.5, 0.6) is 0 Å². The number of benzene rings is 1. The Bertz CT molecular complexity index is 402. The van der Waals surface area contributed by atoms with E-state index in [4.69, 9.17) is 4.74 Å². The third-order valence-electron chi connectivity index (χ3n) is 2.00. The van der Waals surface area contributed by atoms with Crippen LogP contribution < -0.4 is 0 Å². The lowest BCUT2D eigenvalue weighted by Gasteiger charge is -1.94. The molecule has 14 heavy (non-hydrogen) atoms. The molecule has 1 saturated heterocycles. The SMILES string of the molecule is CC(=O)c1ccc(C#CC2CO2)cc1. The molecule has 1 aromatic rings. The van der Waals surface area contributed by atoms with E-state index in [2.05, 4.69) is 11.8 Å². The minimum Gasteiger partial charge on any atom is -0.359 e. The van der Waals surface area contributed by atoms with Crippen LogP contribution in [-0.2, 0) is 4.74 Å². The van der Waals surface area contributed by atoms with Gasteiger partial charge in [-0.3, -0.25) is 4.79 Å². The van der Waals surface area contributed by atoms with Gasteiger partial charge in [0.25, 0.3) is 0 Å². The zero-order chi connectivity index (χ0) is 9.97. The molecule has 70 valence electrons. The van der Waals surface area contributed by atoms with Gasteiger partial charge in [0.05, 0.1) is 6.61 Å². The second kappa shape index (κ2) is 3.65. The topological polar surface area (TPSA) is 29.6 Å². The summed E-state index contributed by atoms with van der Waals surface area (Å²) in [6.45, 7) is 2.30. The van der Waals surface area contributed by atoms with Crippen molar-refractivity contribution < 1.29 is 9.53 Å². The number of carbonyl (C=O) groups excluding carboxylic acids is 1. The minimum atomic E-state index is 0.0787. The lowest BCUT2D eigenvalue weighted by atomic mass is 10.1. The first-order chi connectivity index (χ1) is 6.75. The quantitative estimate of drug-likeness (QED) is 0.379. The lowest BCUT2D eigenvalue weighted by Crippen LogP contribution is -1.90. The van der Waals surface area contributed by atoms with Gasteiger partial charge in [0.2, 0.25) is 0 Å². The molecule has 1 atom stereocenters. The molecule has 1 aromatic carbocycles. The zero-order valence-corrected chi connectivity index (χ0v) is 7.91. The fraction of sp³-hybridized carbons (Fsp3) is 0.250. The Morgan fingerprint density at radius 1 is 1.43 bits per heavy atom. The highest BCUT2D eigenvalue weighted by Gasteiger charge is 2.18. The normalized spacial score (nSPS) is 18.2. The summed E-state index contributed by atoms with van der Waals surface area (Å²) in [5.41, 5.74) is 1.64. The van der Waals surface area contributed by atoms with Crippen molar-refractivity contribution in [3.63, 3.8) is 0 Å². The molecule has 0 spiro atoms. The Morgan fingerprint density at radius 2 is 2.07 bits per heavy atom. The summed E-state index contributed by atoms with van der Waals surface area (Å²) in [6, 6.07) is 7.29. The summed E-state index contributed by atoms with van der Waals surface area (Å²) in [5.74, 6) is 6.03. The van der Waals surface area contributed by atoms with Crippen molar-refractivity contribution >= 4 is 5.78 Å². The summed E-state index contributed by atoms with van der Waals surface area (Å²) in [6.07, 6.45) is 0.127. The van der Waals surface area contributed by atoms with Crippen molar-refractivity contribution in [3.05, 3.63) is 35.4 Å². The van der Waals surface area contributed by atoms with Crippen LogP contribution in [0.25, 0.3) is 0 Å². The van der Waals surface area contributed by atoms with Crippen LogP contribution in [-0.4, -0.2) is 18.5 Å². The van der Waals surface area contributed by atoms with Crippen LogP contribution >= 0.6 is 0 Å². The van der Waals surface area contributed by atoms with Crippen molar-refractivity contribution in [2.45, 2.75) is 13.0 Å². The van der Waals surface area contributed by atoms with Crippen LogP contribution in [0, 0.1) is 11.8 Å². The number of carbonyl (C=O) groups is 1. The Kier molecular flexibility index (Phi) is 2.34. The first-order valence-corrected chi connectivity index (χ1v) is 4.50. The maximum absolute atomic E-state index is 11.0. The molecule has 0 N–H and O–H groups in total. The number of ether oxygens (including phenoxy) is 1. The van der Waals surface area contributed by atoms with E-state index in [0.717, 1.165) is 17.7 Å². The summed E-state index contributed by atoms with van der Waals surface area (Å²) < 4.78 is 4.96. The summed E-state index contributed by atoms with van der Waals surface area (Å²) >= 11 is 0. The lowest BCUT2D eigenvalue weighted by molar-refractivity contribution is 0.101. The molecule has 1 unspecified atom stereocenters. The first kappa shape index (κ1) is 8.98. The van der Waals surface area contributed by atoms with E-state index in [1.165, 1.54) is 0 Å². The number of hydrogen-bond acceptors (Lipinski definition) is 2. The maximum atomic E-state index is 11.0. The first-order valence-electron chi connectivity index (χ1n) is 4.50. The third kappa shape index (κ3) is 2.21. The van der Waals surface area contributed by atoms with Gasteiger partial charge in [-0.2, -0.15) is 0 Å². The van der Waals surface area contributed by atoms with Gasteiger partial charge >= 0.3 is 0 Å². The van der Waals surface area contributed by atoms with Crippen molar-refractivity contribution in [1.82, 2.24) is 0 Å². The zero-order valence-electron chi connectivity index (χ0n) is 7.91. The van der Waals surface area contributed by atoms with Gasteiger partial charge in [-0.15, -0.1) is 0 Å². The second-order valence-corrected chi connectivity index (χ2v) is 3.22. The summed E-state index contributed by atoms with van der Waals surface area (Å²) in [7, 11) is 0. The van der Waals surface area contributed by atoms with Gasteiger partial charge in [0.15, 0.2) is 5.78 Å². The molecule has 1 aliphatic rings. The van der Waals surface area contributed by atoms with E-state index >= 15 is 0 Å². The fourth-order valence-electron chi connectivity index (χ4n) is 1.08. The van der Waals surface area contributed by atoms with Gasteiger partial charge in [-0.05, 0) is 19.1 Å². The van der Waals surface area contributed by atoms with E-state index in [-0.39, 0.29) is 11.9 Å². The second-order valence-electron chi connectivity index (χ2n) is 3.22. The average molecular weight is 186 g/mol. The van der Waals surface area contributed by atoms with Gasteiger partial charge in [-0.25, -0.2) is 0 Å². The molecule has 0 aliphatic carbocycles. The molecule has 2 nitrogen and oxygen atoms in total. The molecular formula is C12H10O2. The molecule has 0 bridgehead atoms. The number of hydrogen-bond donors (Lipinski definition) is 0. The van der Waals surface area contributed by atoms with Crippen molar-refractivity contribution in [2.24, 2.45) is 0 Å². The highest BCUT2D eigenvalue weighted by molar-refractivity contribution is 5.94. The van der Waals surface area contributed by atoms with Gasteiger partial charge in [-0.1, -0.05) is 24.0 Å². The standard InChI is InChI=1S/C12H10O2/c1-9(13)11-5-2-10(3-6-11)4-7-12-8-14-12/h2-3,5-6,12H,8H2,1H3. The van der Waals surface area contributed by atoms with Crippen LogP contribution in [0.15, 0.2) is 24.3 Å². The Hall–Kier alpha value is -1.59. The van der Waals surface area contributed by atoms with Gasteiger partial charge < -0.3 is 4.74 Å². The molecule has 1 aliphatic heterocycles. The molecule has 1 fully saturated rings. The van der Waals surface area contributed by atoms with E-state index in [0.29, 0.717) is 0 Å². The summed E-state index contributed by atoms with van der Waals surface area (Å²) in [4.78, 5) is 11.0. The van der Waals surface area contributed by atoms with E-state index in [9.17, 15) is 4.79 Å². The molecule has 0 aromatic heterocycles. The average Bonchev–Trinajstić information content (AvgIpc) is 2.99.